The third-order valence-electron chi connectivity index (χ3n) is 4.01. The molecule has 2 aromatic rings. The van der Waals surface area contributed by atoms with Crippen molar-refractivity contribution in [1.82, 2.24) is 0 Å². The fourth-order valence-electron chi connectivity index (χ4n) is 2.75. The smallest absolute Gasteiger partial charge is 0.335 e. The number of carbonyl (C=O) groups is 2. The fourth-order valence-corrected chi connectivity index (χ4v) is 2.75. The van der Waals surface area contributed by atoms with Crippen molar-refractivity contribution in [2.75, 3.05) is 0 Å². The highest BCUT2D eigenvalue weighted by molar-refractivity contribution is 5.91. The number of rotatable bonds is 8. The van der Waals surface area contributed by atoms with Gasteiger partial charge in [0.2, 0.25) is 0 Å². The second-order valence-electron chi connectivity index (χ2n) is 5.71. The molecule has 2 N–H and O–H groups in total. The lowest BCUT2D eigenvalue weighted by atomic mass is 9.91. The fraction of sp³-hybridized carbons (Fsp3) is 0.0909. The summed E-state index contributed by atoms with van der Waals surface area (Å²) in [4.78, 5) is 22.4. The number of benzene rings is 2. The van der Waals surface area contributed by atoms with E-state index in [1.807, 2.05) is 12.2 Å². The zero-order chi connectivity index (χ0) is 19.1. The highest BCUT2D eigenvalue weighted by Gasteiger charge is 2.15. The molecule has 0 radical (unpaired) electrons. The summed E-state index contributed by atoms with van der Waals surface area (Å²) in [7, 11) is 0. The summed E-state index contributed by atoms with van der Waals surface area (Å²) in [5.41, 5.74) is 3.88. The molecular formula is C22H20O4. The number of carboxylic acid groups (broad SMARTS) is 2. The van der Waals surface area contributed by atoms with Gasteiger partial charge in [-0.15, -0.1) is 13.2 Å². The Morgan fingerprint density at radius 3 is 1.96 bits per heavy atom. The molecule has 0 aliphatic carbocycles. The van der Waals surface area contributed by atoms with Crippen molar-refractivity contribution < 1.29 is 19.8 Å². The highest BCUT2D eigenvalue weighted by Crippen LogP contribution is 2.24. The minimum Gasteiger partial charge on any atom is -0.478 e. The summed E-state index contributed by atoms with van der Waals surface area (Å²) in [5.74, 6) is -1.93. The molecule has 4 nitrogen and oxygen atoms in total. The van der Waals surface area contributed by atoms with Crippen molar-refractivity contribution in [3.63, 3.8) is 0 Å². The molecule has 0 aliphatic rings. The van der Waals surface area contributed by atoms with Crippen LogP contribution in [-0.2, 0) is 12.8 Å². The first-order valence-electron chi connectivity index (χ1n) is 8.09. The number of carboxylic acids is 2. The van der Waals surface area contributed by atoms with Gasteiger partial charge in [0.25, 0.3) is 0 Å². The molecule has 0 bridgehead atoms. The van der Waals surface area contributed by atoms with Crippen molar-refractivity contribution in [2.24, 2.45) is 0 Å². The Hall–Kier alpha value is -3.40. The first kappa shape index (κ1) is 18.9. The van der Waals surface area contributed by atoms with Crippen LogP contribution in [0.1, 0.15) is 43.0 Å². The average Bonchev–Trinajstić information content (AvgIpc) is 2.62. The van der Waals surface area contributed by atoms with Gasteiger partial charge in [-0.05, 0) is 53.3 Å². The van der Waals surface area contributed by atoms with Gasteiger partial charge in [-0.25, -0.2) is 9.59 Å². The topological polar surface area (TPSA) is 74.6 Å². The first-order chi connectivity index (χ1) is 12.5. The summed E-state index contributed by atoms with van der Waals surface area (Å²) in [6, 6.07) is 9.91. The second-order valence-corrected chi connectivity index (χ2v) is 5.71. The highest BCUT2D eigenvalue weighted by atomic mass is 16.4. The molecule has 0 spiro atoms. The van der Waals surface area contributed by atoms with Gasteiger partial charge in [0.15, 0.2) is 0 Å². The van der Waals surface area contributed by atoms with Gasteiger partial charge < -0.3 is 10.2 Å². The van der Waals surface area contributed by atoms with E-state index in [1.54, 1.807) is 48.6 Å². The van der Waals surface area contributed by atoms with Gasteiger partial charge in [-0.3, -0.25) is 0 Å². The van der Waals surface area contributed by atoms with Gasteiger partial charge in [-0.2, -0.15) is 0 Å². The lowest BCUT2D eigenvalue weighted by molar-refractivity contribution is 0.0685. The molecule has 0 aromatic heterocycles. The van der Waals surface area contributed by atoms with Gasteiger partial charge in [-0.1, -0.05) is 42.5 Å². The van der Waals surface area contributed by atoms with Crippen LogP contribution in [0.25, 0.3) is 12.2 Å². The Labute approximate surface area is 152 Å². The molecule has 0 aliphatic heterocycles. The predicted octanol–water partition coefficient (Wildman–Crippen LogP) is 4.71. The second kappa shape index (κ2) is 8.62. The third-order valence-corrected chi connectivity index (χ3v) is 4.01. The van der Waals surface area contributed by atoms with E-state index in [2.05, 4.69) is 13.2 Å². The lowest BCUT2D eigenvalue weighted by Crippen LogP contribution is -2.07. The molecule has 0 saturated heterocycles. The van der Waals surface area contributed by atoms with Crippen molar-refractivity contribution in [1.29, 1.82) is 0 Å². The van der Waals surface area contributed by atoms with Crippen LogP contribution < -0.4 is 0 Å². The summed E-state index contributed by atoms with van der Waals surface area (Å²) in [6.07, 6.45) is 8.19. The summed E-state index contributed by atoms with van der Waals surface area (Å²) < 4.78 is 0. The molecule has 4 heteroatoms. The van der Waals surface area contributed by atoms with Gasteiger partial charge in [0.05, 0.1) is 11.1 Å². The van der Waals surface area contributed by atoms with Gasteiger partial charge in [0, 0.05) is 0 Å². The summed E-state index contributed by atoms with van der Waals surface area (Å²) >= 11 is 0. The van der Waals surface area contributed by atoms with Crippen LogP contribution in [0, 0.1) is 0 Å². The minimum absolute atomic E-state index is 0.230. The van der Waals surface area contributed by atoms with Crippen LogP contribution in [0.2, 0.25) is 0 Å². The molecular weight excluding hydrogens is 328 g/mol. The number of hydrogen-bond acceptors (Lipinski definition) is 2. The van der Waals surface area contributed by atoms with Crippen LogP contribution in [-0.4, -0.2) is 22.2 Å². The molecule has 0 unspecified atom stereocenters. The van der Waals surface area contributed by atoms with Crippen LogP contribution in [0.15, 0.2) is 61.7 Å². The largest absolute Gasteiger partial charge is 0.478 e. The summed E-state index contributed by atoms with van der Waals surface area (Å²) in [5, 5.41) is 18.4. The minimum atomic E-state index is -0.966. The Morgan fingerprint density at radius 2 is 1.42 bits per heavy atom. The lowest BCUT2D eigenvalue weighted by Gasteiger charge is -2.13. The molecule has 0 atom stereocenters. The van der Waals surface area contributed by atoms with Crippen molar-refractivity contribution in [2.45, 2.75) is 12.8 Å². The van der Waals surface area contributed by atoms with Crippen molar-refractivity contribution in [3.05, 3.63) is 95.1 Å². The molecule has 2 aromatic carbocycles. The number of allylic oxidation sites excluding steroid dienone is 2. The van der Waals surface area contributed by atoms with E-state index < -0.39 is 11.9 Å². The maximum atomic E-state index is 11.5. The zero-order valence-corrected chi connectivity index (χ0v) is 14.3. The Bertz CT molecular complexity index is 874. The van der Waals surface area contributed by atoms with Crippen LogP contribution in [0.5, 0.6) is 0 Å². The Morgan fingerprint density at radius 1 is 0.808 bits per heavy atom. The molecule has 2 rings (SSSR count). The predicted molar refractivity (Wildman–Crippen MR) is 104 cm³/mol. The molecule has 26 heavy (non-hydrogen) atoms. The number of aromatic carboxylic acids is 2. The van der Waals surface area contributed by atoms with Crippen molar-refractivity contribution in [3.8, 4) is 0 Å². The van der Waals surface area contributed by atoms with E-state index in [0.717, 1.165) is 22.3 Å². The van der Waals surface area contributed by atoms with Crippen LogP contribution in [0.3, 0.4) is 0 Å². The van der Waals surface area contributed by atoms with Gasteiger partial charge in [0.1, 0.15) is 0 Å². The molecule has 0 heterocycles. The maximum absolute atomic E-state index is 11.5. The van der Waals surface area contributed by atoms with E-state index in [1.165, 1.54) is 0 Å². The Kier molecular flexibility index (Phi) is 6.28. The quantitative estimate of drug-likeness (QED) is 0.535. The first-order valence-corrected chi connectivity index (χ1v) is 8.09. The van der Waals surface area contributed by atoms with E-state index >= 15 is 0 Å². The van der Waals surface area contributed by atoms with Crippen molar-refractivity contribution >= 4 is 24.1 Å². The standard InChI is InChI=1S/C22H20O4/c1-3-5-18-16(13-14-20(22(25)26)19(18)6-4-2)10-7-15-8-11-17(12-9-15)21(23)24/h3-4,7-14H,1-2,5-6H2,(H,23,24)(H,25,26). The van der Waals surface area contributed by atoms with E-state index in [9.17, 15) is 14.7 Å². The van der Waals surface area contributed by atoms with E-state index in [4.69, 9.17) is 5.11 Å². The van der Waals surface area contributed by atoms with Crippen LogP contribution in [0.4, 0.5) is 0 Å². The van der Waals surface area contributed by atoms with E-state index in [0.29, 0.717) is 12.8 Å². The normalized spacial score (nSPS) is 10.6. The monoisotopic (exact) mass is 348 g/mol. The third kappa shape index (κ3) is 4.36. The maximum Gasteiger partial charge on any atom is 0.335 e. The average molecular weight is 348 g/mol. The number of hydrogen-bond donors (Lipinski definition) is 2. The molecule has 0 amide bonds. The molecule has 132 valence electrons. The molecule has 0 fully saturated rings. The van der Waals surface area contributed by atoms with Crippen LogP contribution >= 0.6 is 0 Å². The Balaban J connectivity index is 2.45. The molecule has 0 saturated carbocycles. The van der Waals surface area contributed by atoms with Gasteiger partial charge >= 0.3 is 11.9 Å². The summed E-state index contributed by atoms with van der Waals surface area (Å²) in [6.45, 7) is 7.48. The zero-order valence-electron chi connectivity index (χ0n) is 14.3. The SMILES string of the molecule is C=CCc1c(C=Cc2ccc(C(=O)O)cc2)ccc(C(=O)O)c1CC=C. The van der Waals surface area contributed by atoms with E-state index in [-0.39, 0.29) is 11.1 Å².